The van der Waals surface area contributed by atoms with E-state index in [1.165, 1.54) is 6.07 Å². The first kappa shape index (κ1) is 15.0. The van der Waals surface area contributed by atoms with E-state index >= 15 is 0 Å². The van der Waals surface area contributed by atoms with Crippen molar-refractivity contribution in [3.05, 3.63) is 29.3 Å². The number of aldehydes is 1. The highest BCUT2D eigenvalue weighted by Gasteiger charge is 2.19. The van der Waals surface area contributed by atoms with Gasteiger partial charge in [0.15, 0.2) is 6.29 Å². The SMILES string of the molecule is CCOc1ccc(C(O)C(O)CCCl)cc1C=O. The monoisotopic (exact) mass is 272 g/mol. The molecule has 0 aliphatic carbocycles. The van der Waals surface area contributed by atoms with Crippen LogP contribution in [-0.4, -0.2) is 35.1 Å². The number of aliphatic hydroxyl groups is 2. The van der Waals surface area contributed by atoms with Crippen molar-refractivity contribution in [2.75, 3.05) is 12.5 Å². The summed E-state index contributed by atoms with van der Waals surface area (Å²) in [4.78, 5) is 10.9. The largest absolute Gasteiger partial charge is 0.493 e. The van der Waals surface area contributed by atoms with Gasteiger partial charge in [-0.15, -0.1) is 11.6 Å². The zero-order chi connectivity index (χ0) is 13.5. The molecule has 1 aromatic carbocycles. The Morgan fingerprint density at radius 2 is 2.17 bits per heavy atom. The van der Waals surface area contributed by atoms with Crippen LogP contribution in [0.5, 0.6) is 5.75 Å². The lowest BCUT2D eigenvalue weighted by molar-refractivity contribution is 0.0169. The fraction of sp³-hybridized carbons (Fsp3) is 0.462. The second kappa shape index (κ2) is 7.36. The molecule has 0 fully saturated rings. The van der Waals surface area contributed by atoms with Crippen LogP contribution in [-0.2, 0) is 0 Å². The number of halogens is 1. The van der Waals surface area contributed by atoms with Gasteiger partial charge in [-0.1, -0.05) is 6.07 Å². The van der Waals surface area contributed by atoms with Gasteiger partial charge in [0.2, 0.25) is 0 Å². The molecule has 1 aromatic rings. The molecule has 2 unspecified atom stereocenters. The Hall–Kier alpha value is -1.10. The fourth-order valence-electron chi connectivity index (χ4n) is 1.62. The standard InChI is InChI=1S/C13H17ClO4/c1-2-18-12-4-3-9(7-10(12)8-15)13(17)11(16)5-6-14/h3-4,7-8,11,13,16-17H,2,5-6H2,1H3. The Bertz CT molecular complexity index is 395. The van der Waals surface area contributed by atoms with Gasteiger partial charge in [0.1, 0.15) is 11.9 Å². The van der Waals surface area contributed by atoms with Gasteiger partial charge >= 0.3 is 0 Å². The van der Waals surface area contributed by atoms with E-state index in [1.54, 1.807) is 12.1 Å². The molecule has 0 aliphatic heterocycles. The molecule has 18 heavy (non-hydrogen) atoms. The van der Waals surface area contributed by atoms with E-state index in [1.807, 2.05) is 6.92 Å². The van der Waals surface area contributed by atoms with Gasteiger partial charge in [-0.2, -0.15) is 0 Å². The summed E-state index contributed by atoms with van der Waals surface area (Å²) < 4.78 is 5.27. The van der Waals surface area contributed by atoms with Crippen LogP contribution in [0, 0.1) is 0 Å². The molecule has 0 bridgehead atoms. The Morgan fingerprint density at radius 3 is 2.72 bits per heavy atom. The maximum atomic E-state index is 10.9. The second-order valence-corrected chi connectivity index (χ2v) is 4.22. The van der Waals surface area contributed by atoms with E-state index in [0.29, 0.717) is 29.8 Å². The number of hydrogen-bond donors (Lipinski definition) is 2. The number of carbonyl (C=O) groups excluding carboxylic acids is 1. The fourth-order valence-corrected chi connectivity index (χ4v) is 1.85. The molecular formula is C13H17ClO4. The highest BCUT2D eigenvalue weighted by molar-refractivity contribution is 6.17. The van der Waals surface area contributed by atoms with Crippen LogP contribution in [0.15, 0.2) is 18.2 Å². The minimum absolute atomic E-state index is 0.260. The smallest absolute Gasteiger partial charge is 0.153 e. The Labute approximate surface area is 111 Å². The van der Waals surface area contributed by atoms with Gasteiger partial charge in [0.25, 0.3) is 0 Å². The third-order valence-corrected chi connectivity index (χ3v) is 2.79. The molecule has 0 amide bonds. The van der Waals surface area contributed by atoms with E-state index in [2.05, 4.69) is 0 Å². The molecule has 0 saturated carbocycles. The van der Waals surface area contributed by atoms with E-state index in [9.17, 15) is 15.0 Å². The molecule has 0 radical (unpaired) electrons. The van der Waals surface area contributed by atoms with Crippen LogP contribution in [0.25, 0.3) is 0 Å². The van der Waals surface area contributed by atoms with Gasteiger partial charge < -0.3 is 14.9 Å². The van der Waals surface area contributed by atoms with E-state index < -0.39 is 12.2 Å². The van der Waals surface area contributed by atoms with Crippen molar-refractivity contribution >= 4 is 17.9 Å². The summed E-state index contributed by atoms with van der Waals surface area (Å²) in [5.74, 6) is 0.728. The zero-order valence-electron chi connectivity index (χ0n) is 10.2. The lowest BCUT2D eigenvalue weighted by atomic mass is 10.0. The maximum Gasteiger partial charge on any atom is 0.153 e. The van der Waals surface area contributed by atoms with Crippen molar-refractivity contribution in [1.82, 2.24) is 0 Å². The molecule has 5 heteroatoms. The first-order valence-corrected chi connectivity index (χ1v) is 6.31. The van der Waals surface area contributed by atoms with Crippen LogP contribution >= 0.6 is 11.6 Å². The topological polar surface area (TPSA) is 66.8 Å². The number of ether oxygens (including phenoxy) is 1. The lowest BCUT2D eigenvalue weighted by Crippen LogP contribution is -2.18. The molecule has 0 spiro atoms. The molecule has 2 N–H and O–H groups in total. The summed E-state index contributed by atoms with van der Waals surface area (Å²) >= 11 is 5.51. The third kappa shape index (κ3) is 3.70. The van der Waals surface area contributed by atoms with Crippen LogP contribution in [0.4, 0.5) is 0 Å². The average molecular weight is 273 g/mol. The number of aliphatic hydroxyl groups excluding tert-OH is 2. The Kier molecular flexibility index (Phi) is 6.12. The minimum atomic E-state index is -1.06. The molecular weight excluding hydrogens is 256 g/mol. The van der Waals surface area contributed by atoms with Gasteiger partial charge in [-0.05, 0) is 31.0 Å². The minimum Gasteiger partial charge on any atom is -0.493 e. The summed E-state index contributed by atoms with van der Waals surface area (Å²) in [7, 11) is 0. The van der Waals surface area contributed by atoms with Crippen LogP contribution in [0.2, 0.25) is 0 Å². The lowest BCUT2D eigenvalue weighted by Gasteiger charge is -2.18. The number of benzene rings is 1. The molecule has 1 rings (SSSR count). The summed E-state index contributed by atoms with van der Waals surface area (Å²) in [6.45, 7) is 2.28. The molecule has 0 aliphatic rings. The first-order chi connectivity index (χ1) is 8.63. The molecule has 100 valence electrons. The molecule has 4 nitrogen and oxygen atoms in total. The van der Waals surface area contributed by atoms with Crippen molar-refractivity contribution in [3.8, 4) is 5.75 Å². The predicted molar refractivity (Wildman–Crippen MR) is 69.3 cm³/mol. The Balaban J connectivity index is 2.93. The van der Waals surface area contributed by atoms with Crippen molar-refractivity contribution < 1.29 is 19.7 Å². The summed E-state index contributed by atoms with van der Waals surface area (Å²) in [5, 5.41) is 19.5. The number of hydrogen-bond acceptors (Lipinski definition) is 4. The second-order valence-electron chi connectivity index (χ2n) is 3.84. The van der Waals surface area contributed by atoms with Crippen LogP contribution < -0.4 is 4.74 Å². The average Bonchev–Trinajstić information content (AvgIpc) is 2.39. The number of carbonyl (C=O) groups is 1. The summed E-state index contributed by atoms with van der Waals surface area (Å²) in [6.07, 6.45) is -1.06. The van der Waals surface area contributed by atoms with Gasteiger partial charge in [-0.25, -0.2) is 0 Å². The van der Waals surface area contributed by atoms with E-state index in [4.69, 9.17) is 16.3 Å². The molecule has 0 saturated heterocycles. The van der Waals surface area contributed by atoms with Crippen molar-refractivity contribution in [3.63, 3.8) is 0 Å². The number of alkyl halides is 1. The highest BCUT2D eigenvalue weighted by Crippen LogP contribution is 2.25. The zero-order valence-corrected chi connectivity index (χ0v) is 10.9. The van der Waals surface area contributed by atoms with Crippen molar-refractivity contribution in [2.45, 2.75) is 25.6 Å². The first-order valence-electron chi connectivity index (χ1n) is 5.78. The van der Waals surface area contributed by atoms with Crippen molar-refractivity contribution in [1.29, 1.82) is 0 Å². The quantitative estimate of drug-likeness (QED) is 0.588. The van der Waals surface area contributed by atoms with E-state index in [0.717, 1.165) is 0 Å². The molecule has 2 atom stereocenters. The molecule has 0 aromatic heterocycles. The molecule has 0 heterocycles. The maximum absolute atomic E-state index is 10.9. The predicted octanol–water partition coefficient (Wildman–Crippen LogP) is 1.92. The summed E-state index contributed by atoms with van der Waals surface area (Å²) in [6, 6.07) is 4.75. The van der Waals surface area contributed by atoms with Crippen LogP contribution in [0.3, 0.4) is 0 Å². The summed E-state index contributed by atoms with van der Waals surface area (Å²) in [5.41, 5.74) is 0.824. The van der Waals surface area contributed by atoms with E-state index in [-0.39, 0.29) is 12.3 Å². The number of rotatable bonds is 7. The van der Waals surface area contributed by atoms with Gasteiger partial charge in [0, 0.05) is 5.88 Å². The van der Waals surface area contributed by atoms with Crippen LogP contribution in [0.1, 0.15) is 35.4 Å². The third-order valence-electron chi connectivity index (χ3n) is 2.57. The van der Waals surface area contributed by atoms with Gasteiger partial charge in [-0.3, -0.25) is 4.79 Å². The highest BCUT2D eigenvalue weighted by atomic mass is 35.5. The normalized spacial score (nSPS) is 14.0. The van der Waals surface area contributed by atoms with Gasteiger partial charge in [0.05, 0.1) is 18.3 Å². The van der Waals surface area contributed by atoms with Crippen molar-refractivity contribution in [2.24, 2.45) is 0 Å². The Morgan fingerprint density at radius 1 is 1.44 bits per heavy atom.